The van der Waals surface area contributed by atoms with Crippen LogP contribution in [0.15, 0.2) is 53.0 Å². The number of aromatic nitrogens is 1. The summed E-state index contributed by atoms with van der Waals surface area (Å²) in [5, 5.41) is 0. The van der Waals surface area contributed by atoms with E-state index < -0.39 is 23.0 Å². The highest BCUT2D eigenvalue weighted by atomic mass is 19.4. The SMILES string of the molecule is [C-]#[N+]c1c(C(F)(F)F)cc(-c2ccccc2)n(NC2=CCOCC2)c1=O. The second-order valence-corrected chi connectivity index (χ2v) is 5.57. The van der Waals surface area contributed by atoms with Gasteiger partial charge in [0.15, 0.2) is 0 Å². The maximum Gasteiger partial charge on any atom is 0.407 e. The van der Waals surface area contributed by atoms with E-state index in [1.807, 2.05) is 0 Å². The largest absolute Gasteiger partial charge is 0.407 e. The quantitative estimate of drug-likeness (QED) is 0.843. The van der Waals surface area contributed by atoms with E-state index in [-0.39, 0.29) is 5.69 Å². The first-order chi connectivity index (χ1) is 12.4. The van der Waals surface area contributed by atoms with Gasteiger partial charge >= 0.3 is 6.18 Å². The first kappa shape index (κ1) is 17.8. The molecule has 1 aliphatic heterocycles. The Bertz CT molecular complexity index is 941. The minimum Gasteiger partial charge on any atom is -0.377 e. The summed E-state index contributed by atoms with van der Waals surface area (Å²) in [6.45, 7) is 7.82. The highest BCUT2D eigenvalue weighted by Gasteiger charge is 2.36. The topological polar surface area (TPSA) is 47.6 Å². The molecule has 2 heterocycles. The molecule has 26 heavy (non-hydrogen) atoms. The molecule has 0 saturated heterocycles. The van der Waals surface area contributed by atoms with Crippen LogP contribution in [-0.2, 0) is 10.9 Å². The van der Waals surface area contributed by atoms with Crippen LogP contribution in [0.5, 0.6) is 0 Å². The lowest BCUT2D eigenvalue weighted by molar-refractivity contribution is -0.136. The van der Waals surface area contributed by atoms with E-state index in [9.17, 15) is 18.0 Å². The smallest absolute Gasteiger partial charge is 0.377 e. The fourth-order valence-electron chi connectivity index (χ4n) is 2.63. The molecule has 0 saturated carbocycles. The van der Waals surface area contributed by atoms with Crippen LogP contribution >= 0.6 is 0 Å². The molecule has 2 aromatic rings. The molecule has 1 N–H and O–H groups in total. The van der Waals surface area contributed by atoms with Gasteiger partial charge in [-0.2, -0.15) is 13.2 Å². The third kappa shape index (κ3) is 3.48. The Labute approximate surface area is 147 Å². The van der Waals surface area contributed by atoms with Crippen LogP contribution in [0, 0.1) is 6.57 Å². The van der Waals surface area contributed by atoms with Crippen molar-refractivity contribution in [2.75, 3.05) is 18.6 Å². The zero-order chi connectivity index (χ0) is 18.7. The van der Waals surface area contributed by atoms with Gasteiger partial charge in [0.2, 0.25) is 0 Å². The Kier molecular flexibility index (Phi) is 4.82. The monoisotopic (exact) mass is 361 g/mol. The number of benzene rings is 1. The molecule has 0 spiro atoms. The average Bonchev–Trinajstić information content (AvgIpc) is 2.63. The van der Waals surface area contributed by atoms with Gasteiger partial charge in [-0.1, -0.05) is 30.3 Å². The summed E-state index contributed by atoms with van der Waals surface area (Å²) in [5.41, 5.74) is 0.700. The molecular weight excluding hydrogens is 347 g/mol. The molecule has 0 bridgehead atoms. The van der Waals surface area contributed by atoms with Crippen molar-refractivity contribution in [3.05, 3.63) is 75.5 Å². The van der Waals surface area contributed by atoms with Crippen LogP contribution in [0.1, 0.15) is 12.0 Å². The van der Waals surface area contributed by atoms with Gasteiger partial charge in [0.1, 0.15) is 0 Å². The maximum absolute atomic E-state index is 13.4. The summed E-state index contributed by atoms with van der Waals surface area (Å²) in [6, 6.07) is 9.07. The molecule has 1 aliphatic rings. The van der Waals surface area contributed by atoms with Gasteiger partial charge < -0.3 is 4.74 Å². The van der Waals surface area contributed by atoms with Gasteiger partial charge in [0, 0.05) is 17.7 Å². The number of rotatable bonds is 3. The zero-order valence-corrected chi connectivity index (χ0v) is 13.5. The van der Waals surface area contributed by atoms with Gasteiger partial charge in [0.25, 0.3) is 11.2 Å². The minimum atomic E-state index is -4.81. The summed E-state index contributed by atoms with van der Waals surface area (Å²) in [7, 11) is 0. The minimum absolute atomic E-state index is 0.0303. The third-order valence-electron chi connectivity index (χ3n) is 3.89. The van der Waals surface area contributed by atoms with Crippen LogP contribution in [0.3, 0.4) is 0 Å². The van der Waals surface area contributed by atoms with E-state index in [1.54, 1.807) is 36.4 Å². The van der Waals surface area contributed by atoms with Crippen molar-refractivity contribution in [3.8, 4) is 11.3 Å². The van der Waals surface area contributed by atoms with Crippen LogP contribution in [0.2, 0.25) is 0 Å². The Balaban J connectivity index is 2.25. The average molecular weight is 361 g/mol. The fourth-order valence-corrected chi connectivity index (χ4v) is 2.63. The molecule has 3 rings (SSSR count). The number of ether oxygens (including phenoxy) is 1. The summed E-state index contributed by atoms with van der Waals surface area (Å²) in [6.07, 6.45) is -2.62. The predicted molar refractivity (Wildman–Crippen MR) is 90.3 cm³/mol. The Hall–Kier alpha value is -3.05. The van der Waals surface area contributed by atoms with Crippen molar-refractivity contribution < 1.29 is 17.9 Å². The van der Waals surface area contributed by atoms with Gasteiger partial charge in [-0.05, 0) is 12.1 Å². The summed E-state index contributed by atoms with van der Waals surface area (Å²) in [5.74, 6) is 0. The summed E-state index contributed by atoms with van der Waals surface area (Å²) >= 11 is 0. The Morgan fingerprint density at radius 2 is 1.96 bits per heavy atom. The first-order valence-corrected chi connectivity index (χ1v) is 7.75. The van der Waals surface area contributed by atoms with E-state index in [4.69, 9.17) is 11.3 Å². The molecule has 134 valence electrons. The van der Waals surface area contributed by atoms with Crippen LogP contribution < -0.4 is 11.0 Å². The first-order valence-electron chi connectivity index (χ1n) is 7.75. The van der Waals surface area contributed by atoms with E-state index in [1.165, 1.54) is 0 Å². The normalized spacial score (nSPS) is 14.5. The highest BCUT2D eigenvalue weighted by Crippen LogP contribution is 2.36. The lowest BCUT2D eigenvalue weighted by atomic mass is 10.1. The zero-order valence-electron chi connectivity index (χ0n) is 13.5. The third-order valence-corrected chi connectivity index (χ3v) is 3.89. The van der Waals surface area contributed by atoms with Crippen molar-refractivity contribution >= 4 is 5.69 Å². The van der Waals surface area contributed by atoms with E-state index in [0.717, 1.165) is 10.7 Å². The molecule has 0 fully saturated rings. The van der Waals surface area contributed by atoms with Crippen molar-refractivity contribution in [1.29, 1.82) is 0 Å². The number of pyridine rings is 1. The predicted octanol–water partition coefficient (Wildman–Crippen LogP) is 3.93. The molecule has 0 amide bonds. The van der Waals surface area contributed by atoms with Gasteiger partial charge in [-0.15, -0.1) is 0 Å². The van der Waals surface area contributed by atoms with Crippen molar-refractivity contribution in [2.24, 2.45) is 0 Å². The van der Waals surface area contributed by atoms with Crippen molar-refractivity contribution in [1.82, 2.24) is 4.68 Å². The molecular formula is C18H14F3N3O2. The van der Waals surface area contributed by atoms with Gasteiger partial charge in [-0.3, -0.25) is 10.2 Å². The molecule has 8 heteroatoms. The van der Waals surface area contributed by atoms with Crippen LogP contribution in [-0.4, -0.2) is 17.9 Å². The maximum atomic E-state index is 13.4. The second-order valence-electron chi connectivity index (χ2n) is 5.57. The fraction of sp³-hybridized carbons (Fsp3) is 0.222. The standard InChI is InChI=1S/C18H14F3N3O2/c1-22-16-14(18(19,20)21)11-15(12-5-3-2-4-6-12)24(17(16)25)23-13-7-9-26-10-8-13/h2-7,11,23H,8-10H2. The molecule has 0 unspecified atom stereocenters. The van der Waals surface area contributed by atoms with Gasteiger partial charge in [0.05, 0.1) is 31.0 Å². The molecule has 0 atom stereocenters. The number of halogens is 3. The number of nitrogens with zero attached hydrogens (tertiary/aromatic N) is 2. The highest BCUT2D eigenvalue weighted by molar-refractivity contribution is 5.66. The van der Waals surface area contributed by atoms with E-state index >= 15 is 0 Å². The Morgan fingerprint density at radius 1 is 1.23 bits per heavy atom. The van der Waals surface area contributed by atoms with Gasteiger partial charge in [-0.25, -0.2) is 9.52 Å². The number of hydrogen-bond acceptors (Lipinski definition) is 3. The number of hydrogen-bond donors (Lipinski definition) is 1. The Morgan fingerprint density at radius 3 is 2.54 bits per heavy atom. The molecule has 1 aromatic heterocycles. The number of nitrogens with one attached hydrogen (secondary N) is 1. The molecule has 0 aliphatic carbocycles. The van der Waals surface area contributed by atoms with Crippen molar-refractivity contribution in [2.45, 2.75) is 12.6 Å². The summed E-state index contributed by atoms with van der Waals surface area (Å²) in [4.78, 5) is 15.5. The molecule has 1 aromatic carbocycles. The molecule has 5 nitrogen and oxygen atoms in total. The number of alkyl halides is 3. The van der Waals surface area contributed by atoms with Crippen LogP contribution in [0.4, 0.5) is 18.9 Å². The van der Waals surface area contributed by atoms with E-state index in [0.29, 0.717) is 30.9 Å². The van der Waals surface area contributed by atoms with Crippen molar-refractivity contribution in [3.63, 3.8) is 0 Å². The van der Waals surface area contributed by atoms with E-state index in [2.05, 4.69) is 10.3 Å². The lowest BCUT2D eigenvalue weighted by Gasteiger charge is -2.22. The summed E-state index contributed by atoms with van der Waals surface area (Å²) < 4.78 is 46.3. The second kappa shape index (κ2) is 7.06. The van der Waals surface area contributed by atoms with Crippen LogP contribution in [0.25, 0.3) is 16.1 Å². The lowest BCUT2D eigenvalue weighted by Crippen LogP contribution is -2.32. The molecule has 0 radical (unpaired) electrons.